The first kappa shape index (κ1) is 12.5. The SMILES string of the molecule is CCC(C)(N)Cc1c[nH]c2cc(Cl)c(C)cc12. The fourth-order valence-electron chi connectivity index (χ4n) is 2.02. The molecular formula is C14H19ClN2. The summed E-state index contributed by atoms with van der Waals surface area (Å²) >= 11 is 6.11. The number of benzene rings is 1. The highest BCUT2D eigenvalue weighted by molar-refractivity contribution is 6.32. The lowest BCUT2D eigenvalue weighted by molar-refractivity contribution is 0.451. The topological polar surface area (TPSA) is 41.8 Å². The second-order valence-electron chi connectivity index (χ2n) is 5.15. The Morgan fingerprint density at radius 2 is 2.12 bits per heavy atom. The van der Waals surface area contributed by atoms with Crippen LogP contribution in [0.2, 0.25) is 5.02 Å². The molecular weight excluding hydrogens is 232 g/mol. The first-order valence-corrected chi connectivity index (χ1v) is 6.36. The molecule has 1 unspecified atom stereocenters. The highest BCUT2D eigenvalue weighted by Crippen LogP contribution is 2.27. The molecule has 0 aliphatic carbocycles. The van der Waals surface area contributed by atoms with Crippen molar-refractivity contribution in [2.75, 3.05) is 0 Å². The predicted octanol–water partition coefficient (Wildman–Crippen LogP) is 3.80. The quantitative estimate of drug-likeness (QED) is 0.855. The van der Waals surface area contributed by atoms with Gasteiger partial charge in [0.2, 0.25) is 0 Å². The van der Waals surface area contributed by atoms with E-state index in [2.05, 4.69) is 24.9 Å². The van der Waals surface area contributed by atoms with Crippen molar-refractivity contribution in [3.63, 3.8) is 0 Å². The van der Waals surface area contributed by atoms with Gasteiger partial charge >= 0.3 is 0 Å². The summed E-state index contributed by atoms with van der Waals surface area (Å²) in [5.74, 6) is 0. The van der Waals surface area contributed by atoms with Gasteiger partial charge in [-0.3, -0.25) is 0 Å². The van der Waals surface area contributed by atoms with Gasteiger partial charge in [-0.1, -0.05) is 18.5 Å². The van der Waals surface area contributed by atoms with E-state index in [4.69, 9.17) is 17.3 Å². The Bertz CT molecular complexity index is 540. The van der Waals surface area contributed by atoms with Crippen molar-refractivity contribution in [1.29, 1.82) is 0 Å². The van der Waals surface area contributed by atoms with Gasteiger partial charge in [-0.05, 0) is 49.9 Å². The van der Waals surface area contributed by atoms with Gasteiger partial charge < -0.3 is 10.7 Å². The van der Waals surface area contributed by atoms with E-state index in [1.807, 2.05) is 19.2 Å². The molecule has 0 aliphatic rings. The molecule has 0 aliphatic heterocycles. The van der Waals surface area contributed by atoms with Crippen LogP contribution < -0.4 is 5.73 Å². The molecule has 1 aromatic carbocycles. The largest absolute Gasteiger partial charge is 0.361 e. The Morgan fingerprint density at radius 3 is 2.76 bits per heavy atom. The number of nitrogens with two attached hydrogens (primary N) is 1. The Kier molecular flexibility index (Phi) is 3.19. The third-order valence-electron chi connectivity index (χ3n) is 3.45. The van der Waals surface area contributed by atoms with Gasteiger partial charge in [-0.25, -0.2) is 0 Å². The third kappa shape index (κ3) is 2.48. The van der Waals surface area contributed by atoms with E-state index in [9.17, 15) is 0 Å². The smallest absolute Gasteiger partial charge is 0.0471 e. The number of H-pyrrole nitrogens is 1. The van der Waals surface area contributed by atoms with Crippen molar-refractivity contribution < 1.29 is 0 Å². The minimum atomic E-state index is -0.150. The highest BCUT2D eigenvalue weighted by atomic mass is 35.5. The molecule has 17 heavy (non-hydrogen) atoms. The van der Waals surface area contributed by atoms with Crippen molar-refractivity contribution in [3.05, 3.63) is 34.5 Å². The number of halogens is 1. The second kappa shape index (κ2) is 4.35. The van der Waals surface area contributed by atoms with Crippen LogP contribution in [-0.4, -0.2) is 10.5 Å². The first-order chi connectivity index (χ1) is 7.93. The minimum absolute atomic E-state index is 0.150. The number of aryl methyl sites for hydroxylation is 1. The summed E-state index contributed by atoms with van der Waals surface area (Å²) in [6.45, 7) is 6.24. The van der Waals surface area contributed by atoms with Crippen molar-refractivity contribution >= 4 is 22.5 Å². The van der Waals surface area contributed by atoms with Gasteiger partial charge in [-0.15, -0.1) is 0 Å². The number of hydrogen-bond donors (Lipinski definition) is 2. The molecule has 0 radical (unpaired) electrons. The van der Waals surface area contributed by atoms with Crippen molar-refractivity contribution in [2.24, 2.45) is 5.73 Å². The predicted molar refractivity (Wildman–Crippen MR) is 74.6 cm³/mol. The van der Waals surface area contributed by atoms with Crippen LogP contribution in [0.1, 0.15) is 31.4 Å². The monoisotopic (exact) mass is 250 g/mol. The summed E-state index contributed by atoms with van der Waals surface area (Å²) in [6.07, 6.45) is 3.89. The summed E-state index contributed by atoms with van der Waals surface area (Å²) in [4.78, 5) is 3.26. The van der Waals surface area contributed by atoms with Crippen LogP contribution in [0.25, 0.3) is 10.9 Å². The number of fused-ring (bicyclic) bond motifs is 1. The lowest BCUT2D eigenvalue weighted by atomic mass is 9.91. The van der Waals surface area contributed by atoms with Crippen molar-refractivity contribution in [2.45, 2.75) is 39.2 Å². The average Bonchev–Trinajstić information content (AvgIpc) is 2.62. The zero-order valence-corrected chi connectivity index (χ0v) is 11.4. The minimum Gasteiger partial charge on any atom is -0.361 e. The van der Waals surface area contributed by atoms with E-state index in [1.165, 1.54) is 10.9 Å². The van der Waals surface area contributed by atoms with Gasteiger partial charge in [-0.2, -0.15) is 0 Å². The molecule has 3 heteroatoms. The van der Waals surface area contributed by atoms with Crippen LogP contribution in [0.5, 0.6) is 0 Å². The lowest BCUT2D eigenvalue weighted by Gasteiger charge is -2.22. The van der Waals surface area contributed by atoms with Crippen molar-refractivity contribution in [3.8, 4) is 0 Å². The fourth-order valence-corrected chi connectivity index (χ4v) is 2.18. The Balaban J connectivity index is 2.46. The summed E-state index contributed by atoms with van der Waals surface area (Å²) in [6, 6.07) is 4.12. The molecule has 0 saturated heterocycles. The van der Waals surface area contributed by atoms with E-state index < -0.39 is 0 Å². The van der Waals surface area contributed by atoms with Gasteiger partial charge in [0, 0.05) is 27.7 Å². The molecule has 0 bridgehead atoms. The number of rotatable bonds is 3. The van der Waals surface area contributed by atoms with Gasteiger partial charge in [0.25, 0.3) is 0 Å². The van der Waals surface area contributed by atoms with Gasteiger partial charge in [0.05, 0.1) is 0 Å². The maximum absolute atomic E-state index is 6.23. The standard InChI is InChI=1S/C14H19ClN2/c1-4-14(3,16)7-10-8-17-13-6-12(15)9(2)5-11(10)13/h5-6,8,17H,4,7,16H2,1-3H3. The molecule has 1 heterocycles. The normalized spacial score (nSPS) is 15.1. The number of aromatic amines is 1. The molecule has 0 amide bonds. The maximum atomic E-state index is 6.23. The second-order valence-corrected chi connectivity index (χ2v) is 5.55. The van der Waals surface area contributed by atoms with E-state index in [0.29, 0.717) is 0 Å². The lowest BCUT2D eigenvalue weighted by Crippen LogP contribution is -2.37. The molecule has 1 atom stereocenters. The van der Waals surface area contributed by atoms with Crippen LogP contribution >= 0.6 is 11.6 Å². The van der Waals surface area contributed by atoms with Gasteiger partial charge in [0.15, 0.2) is 0 Å². The molecule has 0 spiro atoms. The van der Waals surface area contributed by atoms with E-state index in [1.54, 1.807) is 0 Å². The van der Waals surface area contributed by atoms with Crippen LogP contribution in [0.4, 0.5) is 0 Å². The summed E-state index contributed by atoms with van der Waals surface area (Å²) in [5, 5.41) is 2.04. The summed E-state index contributed by atoms with van der Waals surface area (Å²) in [7, 11) is 0. The Hall–Kier alpha value is -0.990. The maximum Gasteiger partial charge on any atom is 0.0471 e. The highest BCUT2D eigenvalue weighted by Gasteiger charge is 2.18. The molecule has 3 N–H and O–H groups in total. The zero-order valence-electron chi connectivity index (χ0n) is 10.6. The van der Waals surface area contributed by atoms with Crippen LogP contribution in [0.3, 0.4) is 0 Å². The van der Waals surface area contributed by atoms with E-state index >= 15 is 0 Å². The van der Waals surface area contributed by atoms with E-state index in [0.717, 1.165) is 28.9 Å². The molecule has 0 saturated carbocycles. The van der Waals surface area contributed by atoms with E-state index in [-0.39, 0.29) is 5.54 Å². The van der Waals surface area contributed by atoms with Crippen molar-refractivity contribution in [1.82, 2.24) is 4.98 Å². The Labute approximate surface area is 107 Å². The number of nitrogens with one attached hydrogen (secondary N) is 1. The van der Waals surface area contributed by atoms with Gasteiger partial charge in [0.1, 0.15) is 0 Å². The van der Waals surface area contributed by atoms with Crippen LogP contribution in [0.15, 0.2) is 18.3 Å². The summed E-state index contributed by atoms with van der Waals surface area (Å²) in [5.41, 5.74) is 9.54. The molecule has 2 nitrogen and oxygen atoms in total. The molecule has 2 rings (SSSR count). The Morgan fingerprint density at radius 1 is 1.41 bits per heavy atom. The number of aromatic nitrogens is 1. The summed E-state index contributed by atoms with van der Waals surface area (Å²) < 4.78 is 0. The molecule has 0 fully saturated rings. The van der Waals surface area contributed by atoms with Crippen LogP contribution in [-0.2, 0) is 6.42 Å². The molecule has 1 aromatic heterocycles. The molecule has 92 valence electrons. The first-order valence-electron chi connectivity index (χ1n) is 5.98. The zero-order chi connectivity index (χ0) is 12.6. The number of hydrogen-bond acceptors (Lipinski definition) is 1. The molecule has 2 aromatic rings. The van der Waals surface area contributed by atoms with Crippen LogP contribution in [0, 0.1) is 6.92 Å². The fraction of sp³-hybridized carbons (Fsp3) is 0.429. The average molecular weight is 251 g/mol. The third-order valence-corrected chi connectivity index (χ3v) is 3.86.